The van der Waals surface area contributed by atoms with Gasteiger partial charge in [-0.15, -0.1) is 0 Å². The molecule has 0 saturated carbocycles. The predicted octanol–water partition coefficient (Wildman–Crippen LogP) is 7.91. The zero-order chi connectivity index (χ0) is 28.8. The number of hydrogen-bond donors (Lipinski definition) is 2. The number of hydrogen-bond acceptors (Lipinski definition) is 6. The van der Waals surface area contributed by atoms with Gasteiger partial charge in [0, 0.05) is 25.2 Å². The minimum absolute atomic E-state index is 0.0706. The van der Waals surface area contributed by atoms with Crippen LogP contribution in [0.25, 0.3) is 0 Å². The molecule has 3 aromatic rings. The Kier molecular flexibility index (Phi) is 12.0. The molecule has 0 heterocycles. The number of carbonyl (C=O) groups excluding carboxylic acids is 1. The van der Waals surface area contributed by atoms with Crippen LogP contribution in [0.2, 0.25) is 0 Å². The van der Waals surface area contributed by atoms with E-state index in [0.29, 0.717) is 31.6 Å². The van der Waals surface area contributed by atoms with Crippen molar-refractivity contribution in [1.82, 2.24) is 0 Å². The SMILES string of the molecule is CCCCCCCCC(Cc1ccc(O)cc1)(OC(=O)c1ccc(O)cc1)C(OCC)(OCC)c1ccccc1. The van der Waals surface area contributed by atoms with Gasteiger partial charge >= 0.3 is 5.97 Å². The van der Waals surface area contributed by atoms with Crippen LogP contribution in [0.5, 0.6) is 11.5 Å². The van der Waals surface area contributed by atoms with Crippen LogP contribution in [0.3, 0.4) is 0 Å². The molecule has 0 aliphatic heterocycles. The molecule has 0 radical (unpaired) electrons. The second-order valence-corrected chi connectivity index (χ2v) is 10.1. The van der Waals surface area contributed by atoms with Gasteiger partial charge in [0.2, 0.25) is 5.79 Å². The van der Waals surface area contributed by atoms with Crippen LogP contribution in [0.15, 0.2) is 78.9 Å². The van der Waals surface area contributed by atoms with Crippen LogP contribution in [-0.2, 0) is 26.4 Å². The fraction of sp³-hybridized carbons (Fsp3) is 0.441. The normalized spacial score (nSPS) is 13.1. The average Bonchev–Trinajstić information content (AvgIpc) is 2.96. The molecule has 40 heavy (non-hydrogen) atoms. The Bertz CT molecular complexity index is 1140. The van der Waals surface area contributed by atoms with E-state index in [2.05, 4.69) is 6.92 Å². The van der Waals surface area contributed by atoms with E-state index in [0.717, 1.165) is 36.8 Å². The minimum Gasteiger partial charge on any atom is -0.508 e. The quantitative estimate of drug-likeness (QED) is 0.101. The van der Waals surface area contributed by atoms with Gasteiger partial charge in [-0.1, -0.05) is 81.5 Å². The number of carbonyl (C=O) groups is 1. The van der Waals surface area contributed by atoms with Gasteiger partial charge in [-0.2, -0.15) is 0 Å². The van der Waals surface area contributed by atoms with E-state index in [-0.39, 0.29) is 11.5 Å². The summed E-state index contributed by atoms with van der Waals surface area (Å²) in [5.41, 5.74) is 0.714. The Morgan fingerprint density at radius 3 is 1.82 bits per heavy atom. The summed E-state index contributed by atoms with van der Waals surface area (Å²) in [5, 5.41) is 19.8. The molecule has 6 heteroatoms. The molecule has 0 spiro atoms. The van der Waals surface area contributed by atoms with Crippen molar-refractivity contribution >= 4 is 5.97 Å². The molecule has 0 amide bonds. The molecule has 0 aliphatic rings. The molecule has 6 nitrogen and oxygen atoms in total. The third kappa shape index (κ3) is 7.86. The van der Waals surface area contributed by atoms with E-state index in [9.17, 15) is 15.0 Å². The summed E-state index contributed by atoms with van der Waals surface area (Å²) in [6.45, 7) is 6.69. The highest BCUT2D eigenvalue weighted by atomic mass is 16.7. The van der Waals surface area contributed by atoms with Crippen molar-refractivity contribution in [1.29, 1.82) is 0 Å². The predicted molar refractivity (Wildman–Crippen MR) is 157 cm³/mol. The summed E-state index contributed by atoms with van der Waals surface area (Å²) in [4.78, 5) is 13.8. The third-order valence-electron chi connectivity index (χ3n) is 7.20. The first-order valence-corrected chi connectivity index (χ1v) is 14.5. The molecule has 0 aromatic heterocycles. The first kappa shape index (κ1) is 31.2. The second kappa shape index (κ2) is 15.4. The molecule has 0 aliphatic carbocycles. The summed E-state index contributed by atoms with van der Waals surface area (Å²) in [6.07, 6.45) is 7.21. The van der Waals surface area contributed by atoms with Crippen LogP contribution in [0.4, 0.5) is 0 Å². The fourth-order valence-corrected chi connectivity index (χ4v) is 5.29. The van der Waals surface area contributed by atoms with Crippen molar-refractivity contribution < 1.29 is 29.2 Å². The highest BCUT2D eigenvalue weighted by Crippen LogP contribution is 2.47. The number of benzene rings is 3. The first-order chi connectivity index (χ1) is 19.4. The molecule has 216 valence electrons. The third-order valence-corrected chi connectivity index (χ3v) is 7.20. The summed E-state index contributed by atoms with van der Waals surface area (Å²) in [6, 6.07) is 22.7. The molecule has 0 fully saturated rings. The lowest BCUT2D eigenvalue weighted by Gasteiger charge is -2.49. The minimum atomic E-state index is -1.40. The summed E-state index contributed by atoms with van der Waals surface area (Å²) in [5.74, 6) is -1.69. The zero-order valence-corrected chi connectivity index (χ0v) is 24.1. The number of aromatic hydroxyl groups is 2. The van der Waals surface area contributed by atoms with Crippen LogP contribution in [0.1, 0.15) is 87.2 Å². The number of phenolic OH excluding ortho intramolecular Hbond substituents is 2. The maximum Gasteiger partial charge on any atom is 0.338 e. The van der Waals surface area contributed by atoms with Gasteiger partial charge in [-0.25, -0.2) is 4.79 Å². The maximum atomic E-state index is 13.8. The zero-order valence-electron chi connectivity index (χ0n) is 24.1. The van der Waals surface area contributed by atoms with Crippen molar-refractivity contribution in [3.05, 3.63) is 95.6 Å². The maximum absolute atomic E-state index is 13.8. The molecular weight excluding hydrogens is 504 g/mol. The topological polar surface area (TPSA) is 85.2 Å². The average molecular weight is 549 g/mol. The lowest BCUT2D eigenvalue weighted by atomic mass is 9.77. The van der Waals surface area contributed by atoms with Crippen molar-refractivity contribution in [3.8, 4) is 11.5 Å². The van der Waals surface area contributed by atoms with Crippen LogP contribution in [-0.4, -0.2) is 35.0 Å². The van der Waals surface area contributed by atoms with Gasteiger partial charge in [-0.05, 0) is 68.7 Å². The van der Waals surface area contributed by atoms with E-state index in [1.54, 1.807) is 24.3 Å². The highest BCUT2D eigenvalue weighted by Gasteiger charge is 2.58. The fourth-order valence-electron chi connectivity index (χ4n) is 5.29. The Morgan fingerprint density at radius 2 is 1.25 bits per heavy atom. The first-order valence-electron chi connectivity index (χ1n) is 14.5. The smallest absolute Gasteiger partial charge is 0.338 e. The van der Waals surface area contributed by atoms with Crippen LogP contribution >= 0.6 is 0 Å². The monoisotopic (exact) mass is 548 g/mol. The van der Waals surface area contributed by atoms with Gasteiger partial charge in [0.25, 0.3) is 0 Å². The Labute approximate surface area is 238 Å². The second-order valence-electron chi connectivity index (χ2n) is 10.1. The van der Waals surface area contributed by atoms with Crippen LogP contribution < -0.4 is 0 Å². The van der Waals surface area contributed by atoms with Gasteiger partial charge in [0.1, 0.15) is 11.5 Å². The highest BCUT2D eigenvalue weighted by molar-refractivity contribution is 5.90. The Morgan fingerprint density at radius 1 is 0.700 bits per heavy atom. The number of esters is 1. The molecule has 1 unspecified atom stereocenters. The molecule has 0 saturated heterocycles. The van der Waals surface area contributed by atoms with Crippen molar-refractivity contribution in [2.45, 2.75) is 83.5 Å². The lowest BCUT2D eigenvalue weighted by molar-refractivity contribution is -0.330. The van der Waals surface area contributed by atoms with Gasteiger partial charge in [0.05, 0.1) is 5.56 Å². The standard InChI is InChI=1S/C34H44O6/c1-4-7-8-9-10-14-25-33(26-27-17-21-30(35)22-18-27,40-32(37)28-19-23-31(36)24-20-28)34(38-5-2,39-6-3)29-15-12-11-13-16-29/h11-13,15-24,35-36H,4-10,14,25-26H2,1-3H3. The van der Waals surface area contributed by atoms with E-state index in [1.165, 1.54) is 25.0 Å². The van der Waals surface area contributed by atoms with Crippen molar-refractivity contribution in [2.75, 3.05) is 13.2 Å². The van der Waals surface area contributed by atoms with Crippen molar-refractivity contribution in [2.24, 2.45) is 0 Å². The molecule has 0 bridgehead atoms. The lowest BCUT2D eigenvalue weighted by Crippen LogP contribution is -2.59. The van der Waals surface area contributed by atoms with E-state index < -0.39 is 17.4 Å². The number of ether oxygens (including phenoxy) is 3. The van der Waals surface area contributed by atoms with Gasteiger partial charge in [0.15, 0.2) is 5.60 Å². The molecular formula is C34H44O6. The van der Waals surface area contributed by atoms with E-state index >= 15 is 0 Å². The molecule has 3 rings (SSSR count). The molecule has 2 N–H and O–H groups in total. The molecule has 1 atom stereocenters. The largest absolute Gasteiger partial charge is 0.508 e. The number of phenols is 2. The number of unbranched alkanes of at least 4 members (excludes halogenated alkanes) is 5. The van der Waals surface area contributed by atoms with E-state index in [4.69, 9.17) is 14.2 Å². The van der Waals surface area contributed by atoms with Crippen LogP contribution in [0, 0.1) is 0 Å². The summed E-state index contributed by atoms with van der Waals surface area (Å²) >= 11 is 0. The van der Waals surface area contributed by atoms with Crippen molar-refractivity contribution in [3.63, 3.8) is 0 Å². The van der Waals surface area contributed by atoms with Gasteiger partial charge < -0.3 is 24.4 Å². The van der Waals surface area contributed by atoms with Gasteiger partial charge in [-0.3, -0.25) is 0 Å². The van der Waals surface area contributed by atoms with E-state index in [1.807, 2.05) is 56.3 Å². The molecule has 3 aromatic carbocycles. The number of rotatable bonds is 17. The Hall–Kier alpha value is -3.35. The Balaban J connectivity index is 2.18. The summed E-state index contributed by atoms with van der Waals surface area (Å²) in [7, 11) is 0. The summed E-state index contributed by atoms with van der Waals surface area (Å²) < 4.78 is 19.8.